The van der Waals surface area contributed by atoms with Crippen LogP contribution in [-0.2, 0) is 6.54 Å². The molecule has 2 rings (SSSR count). The van der Waals surface area contributed by atoms with Crippen LogP contribution in [0.25, 0.3) is 0 Å². The Morgan fingerprint density at radius 1 is 1.26 bits per heavy atom. The summed E-state index contributed by atoms with van der Waals surface area (Å²) >= 11 is 0. The maximum Gasteiger partial charge on any atom is 0.161 e. The van der Waals surface area contributed by atoms with Gasteiger partial charge in [0.1, 0.15) is 5.82 Å². The van der Waals surface area contributed by atoms with Crippen LogP contribution in [0.1, 0.15) is 22.8 Å². The standard InChI is InChI=1S/C15H15FN2O/c1-10(19)13-7-6-12(8-15(13)17)18-9-11-4-2-3-5-14(11)16/h2-8,18H,9,17H2,1H3. The highest BCUT2D eigenvalue weighted by molar-refractivity contribution is 5.99. The van der Waals surface area contributed by atoms with E-state index >= 15 is 0 Å². The Kier molecular flexibility index (Phi) is 3.80. The fraction of sp³-hybridized carbons (Fsp3) is 0.133. The highest BCUT2D eigenvalue weighted by Crippen LogP contribution is 2.19. The summed E-state index contributed by atoms with van der Waals surface area (Å²) in [5.74, 6) is -0.318. The maximum absolute atomic E-state index is 13.4. The number of halogens is 1. The molecule has 0 heterocycles. The summed E-state index contributed by atoms with van der Waals surface area (Å²) in [6, 6.07) is 11.7. The number of hydrogen-bond donors (Lipinski definition) is 2. The van der Waals surface area contributed by atoms with Gasteiger partial charge < -0.3 is 11.1 Å². The van der Waals surface area contributed by atoms with E-state index in [4.69, 9.17) is 5.73 Å². The van der Waals surface area contributed by atoms with Crippen molar-refractivity contribution in [1.29, 1.82) is 0 Å². The molecule has 0 bridgehead atoms. The third-order valence-corrected chi connectivity index (χ3v) is 2.87. The van der Waals surface area contributed by atoms with Crippen molar-refractivity contribution in [3.63, 3.8) is 0 Å². The summed E-state index contributed by atoms with van der Waals surface area (Å²) in [5, 5.41) is 3.08. The van der Waals surface area contributed by atoms with Crippen molar-refractivity contribution in [3.05, 3.63) is 59.4 Å². The lowest BCUT2D eigenvalue weighted by molar-refractivity contribution is 0.101. The number of nitrogens with one attached hydrogen (secondary N) is 1. The summed E-state index contributed by atoms with van der Waals surface area (Å²) in [4.78, 5) is 11.3. The lowest BCUT2D eigenvalue weighted by Crippen LogP contribution is -2.04. The van der Waals surface area contributed by atoms with Crippen LogP contribution >= 0.6 is 0 Å². The van der Waals surface area contributed by atoms with Gasteiger partial charge in [-0.05, 0) is 31.2 Å². The van der Waals surface area contributed by atoms with Gasteiger partial charge >= 0.3 is 0 Å². The number of rotatable bonds is 4. The molecule has 0 aromatic heterocycles. The highest BCUT2D eigenvalue weighted by atomic mass is 19.1. The van der Waals surface area contributed by atoms with Crippen LogP contribution in [0.3, 0.4) is 0 Å². The Morgan fingerprint density at radius 3 is 2.63 bits per heavy atom. The summed E-state index contributed by atoms with van der Waals surface area (Å²) in [6.07, 6.45) is 0. The van der Waals surface area contributed by atoms with Gasteiger partial charge in [0.05, 0.1) is 0 Å². The molecule has 3 N–H and O–H groups in total. The smallest absolute Gasteiger partial charge is 0.161 e. The second-order valence-electron chi connectivity index (χ2n) is 4.30. The zero-order chi connectivity index (χ0) is 13.8. The molecule has 0 saturated carbocycles. The molecular formula is C15H15FN2O. The monoisotopic (exact) mass is 258 g/mol. The van der Waals surface area contributed by atoms with Crippen LogP contribution in [-0.4, -0.2) is 5.78 Å². The molecule has 0 aliphatic rings. The minimum Gasteiger partial charge on any atom is -0.398 e. The van der Waals surface area contributed by atoms with Gasteiger partial charge in [-0.2, -0.15) is 0 Å². The zero-order valence-electron chi connectivity index (χ0n) is 10.6. The molecule has 2 aromatic rings. The molecule has 0 aliphatic carbocycles. The summed E-state index contributed by atoms with van der Waals surface area (Å²) < 4.78 is 13.4. The number of hydrogen-bond acceptors (Lipinski definition) is 3. The third-order valence-electron chi connectivity index (χ3n) is 2.87. The molecule has 98 valence electrons. The van der Waals surface area contributed by atoms with Gasteiger partial charge in [-0.15, -0.1) is 0 Å². The Labute approximate surface area is 111 Å². The number of anilines is 2. The van der Waals surface area contributed by atoms with Gasteiger partial charge in [-0.25, -0.2) is 4.39 Å². The molecule has 3 nitrogen and oxygen atoms in total. The van der Waals surface area contributed by atoms with E-state index in [1.165, 1.54) is 13.0 Å². The third kappa shape index (κ3) is 3.10. The Morgan fingerprint density at radius 2 is 2.00 bits per heavy atom. The molecule has 0 saturated heterocycles. The first-order chi connectivity index (χ1) is 9.08. The molecule has 0 atom stereocenters. The van der Waals surface area contributed by atoms with Crippen molar-refractivity contribution in [2.75, 3.05) is 11.1 Å². The summed E-state index contributed by atoms with van der Waals surface area (Å²) in [6.45, 7) is 1.84. The predicted molar refractivity (Wildman–Crippen MR) is 74.6 cm³/mol. The van der Waals surface area contributed by atoms with Crippen molar-refractivity contribution >= 4 is 17.2 Å². The van der Waals surface area contributed by atoms with Crippen molar-refractivity contribution < 1.29 is 9.18 Å². The number of carbonyl (C=O) groups excluding carboxylic acids is 1. The Hall–Kier alpha value is -2.36. The van der Waals surface area contributed by atoms with Crippen LogP contribution in [0.2, 0.25) is 0 Å². The Balaban J connectivity index is 2.11. The van der Waals surface area contributed by atoms with E-state index in [-0.39, 0.29) is 11.6 Å². The van der Waals surface area contributed by atoms with Crippen molar-refractivity contribution in [1.82, 2.24) is 0 Å². The SMILES string of the molecule is CC(=O)c1ccc(NCc2ccccc2F)cc1N. The molecule has 0 aliphatic heterocycles. The molecule has 0 unspecified atom stereocenters. The minimum atomic E-state index is -0.247. The normalized spacial score (nSPS) is 10.2. The number of benzene rings is 2. The predicted octanol–water partition coefficient (Wildman–Crippen LogP) is 3.22. The molecule has 0 radical (unpaired) electrons. The fourth-order valence-corrected chi connectivity index (χ4v) is 1.83. The zero-order valence-corrected chi connectivity index (χ0v) is 10.6. The van der Waals surface area contributed by atoms with Gasteiger partial charge in [0, 0.05) is 29.0 Å². The fourth-order valence-electron chi connectivity index (χ4n) is 1.83. The van der Waals surface area contributed by atoms with E-state index in [2.05, 4.69) is 5.32 Å². The molecule has 19 heavy (non-hydrogen) atoms. The Bertz CT molecular complexity index is 611. The van der Waals surface area contributed by atoms with Crippen LogP contribution in [0, 0.1) is 5.82 Å². The van der Waals surface area contributed by atoms with Crippen LogP contribution in [0.5, 0.6) is 0 Å². The average Bonchev–Trinajstić information content (AvgIpc) is 2.37. The van der Waals surface area contributed by atoms with E-state index in [1.807, 2.05) is 0 Å². The first-order valence-electron chi connectivity index (χ1n) is 5.95. The molecule has 0 fully saturated rings. The lowest BCUT2D eigenvalue weighted by Gasteiger charge is -2.09. The summed E-state index contributed by atoms with van der Waals surface area (Å²) in [5.41, 5.74) is 8.04. The topological polar surface area (TPSA) is 55.1 Å². The number of Topliss-reactive ketones (excluding diaryl/α,β-unsaturated/α-hetero) is 1. The second kappa shape index (κ2) is 5.52. The lowest BCUT2D eigenvalue weighted by atomic mass is 10.1. The highest BCUT2D eigenvalue weighted by Gasteiger charge is 2.06. The quantitative estimate of drug-likeness (QED) is 0.654. The van der Waals surface area contributed by atoms with E-state index < -0.39 is 0 Å². The van der Waals surface area contributed by atoms with E-state index in [1.54, 1.807) is 36.4 Å². The molecule has 4 heteroatoms. The molecule has 2 aromatic carbocycles. The van der Waals surface area contributed by atoms with Crippen LogP contribution in [0.4, 0.5) is 15.8 Å². The van der Waals surface area contributed by atoms with Crippen LogP contribution < -0.4 is 11.1 Å². The second-order valence-corrected chi connectivity index (χ2v) is 4.30. The van der Waals surface area contributed by atoms with Gasteiger partial charge in [0.25, 0.3) is 0 Å². The van der Waals surface area contributed by atoms with Crippen molar-refractivity contribution in [2.24, 2.45) is 0 Å². The maximum atomic E-state index is 13.4. The first kappa shape index (κ1) is 13.1. The minimum absolute atomic E-state index is 0.0712. The molecular weight excluding hydrogens is 243 g/mol. The molecule has 0 spiro atoms. The average molecular weight is 258 g/mol. The van der Waals surface area contributed by atoms with Gasteiger partial charge in [-0.1, -0.05) is 18.2 Å². The van der Waals surface area contributed by atoms with Gasteiger partial charge in [-0.3, -0.25) is 4.79 Å². The number of nitrogen functional groups attached to an aromatic ring is 1. The van der Waals surface area contributed by atoms with Gasteiger partial charge in [0.2, 0.25) is 0 Å². The summed E-state index contributed by atoms with van der Waals surface area (Å²) in [7, 11) is 0. The largest absolute Gasteiger partial charge is 0.398 e. The van der Waals surface area contributed by atoms with E-state index in [0.29, 0.717) is 23.4 Å². The van der Waals surface area contributed by atoms with E-state index in [0.717, 1.165) is 5.69 Å². The number of ketones is 1. The number of carbonyl (C=O) groups is 1. The van der Waals surface area contributed by atoms with Crippen LogP contribution in [0.15, 0.2) is 42.5 Å². The first-order valence-corrected chi connectivity index (χ1v) is 5.95. The number of nitrogens with two attached hydrogens (primary N) is 1. The van der Waals surface area contributed by atoms with E-state index in [9.17, 15) is 9.18 Å². The molecule has 0 amide bonds. The van der Waals surface area contributed by atoms with Gasteiger partial charge in [0.15, 0.2) is 5.78 Å². The van der Waals surface area contributed by atoms with Crippen molar-refractivity contribution in [3.8, 4) is 0 Å². The van der Waals surface area contributed by atoms with Crippen molar-refractivity contribution in [2.45, 2.75) is 13.5 Å².